The Labute approximate surface area is 110 Å². The molecule has 0 atom stereocenters. The molecular weight excluding hydrogens is 266 g/mol. The van der Waals surface area contributed by atoms with Crippen molar-refractivity contribution in [3.63, 3.8) is 0 Å². The molecule has 0 saturated heterocycles. The van der Waals surface area contributed by atoms with Crippen molar-refractivity contribution in [2.75, 3.05) is 6.54 Å². The van der Waals surface area contributed by atoms with Crippen LogP contribution in [0.1, 0.15) is 11.1 Å². The Morgan fingerprint density at radius 3 is 2.72 bits per heavy atom. The van der Waals surface area contributed by atoms with Crippen LogP contribution in [0, 0.1) is 6.92 Å². The molecule has 0 saturated carbocycles. The van der Waals surface area contributed by atoms with Gasteiger partial charge in [-0.1, -0.05) is 17.7 Å². The number of hydrogen-bond donors (Lipinski definition) is 2. The quantitative estimate of drug-likeness (QED) is 0.861. The van der Waals surface area contributed by atoms with E-state index in [1.807, 2.05) is 6.92 Å². The summed E-state index contributed by atoms with van der Waals surface area (Å²) in [5.41, 5.74) is 6.51. The van der Waals surface area contributed by atoms with Crippen LogP contribution in [0.4, 0.5) is 8.78 Å². The molecule has 3 N–H and O–H groups in total. The first-order valence-corrected chi connectivity index (χ1v) is 5.04. The molecule has 0 unspecified atom stereocenters. The number of aryl methyl sites for hydroxylation is 1. The Kier molecular flexibility index (Phi) is 7.23. The third-order valence-corrected chi connectivity index (χ3v) is 2.09. The van der Waals surface area contributed by atoms with Gasteiger partial charge in [0.1, 0.15) is 5.75 Å². The third kappa shape index (κ3) is 5.29. The summed E-state index contributed by atoms with van der Waals surface area (Å²) in [5, 5.41) is 2.50. The maximum atomic E-state index is 12.1. The van der Waals surface area contributed by atoms with Crippen molar-refractivity contribution in [1.82, 2.24) is 5.32 Å². The summed E-state index contributed by atoms with van der Waals surface area (Å²) in [6.45, 7) is -1.10. The van der Waals surface area contributed by atoms with Crippen LogP contribution < -0.4 is 15.8 Å². The molecule has 0 aliphatic heterocycles. The molecule has 0 heterocycles. The van der Waals surface area contributed by atoms with E-state index in [0.29, 0.717) is 5.56 Å². The Bertz CT molecular complexity index is 403. The van der Waals surface area contributed by atoms with Gasteiger partial charge in [0, 0.05) is 12.1 Å². The smallest absolute Gasteiger partial charge is 0.387 e. The minimum atomic E-state index is -2.89. The highest BCUT2D eigenvalue weighted by molar-refractivity contribution is 5.85. The summed E-state index contributed by atoms with van der Waals surface area (Å²) in [4.78, 5) is 11.0. The number of ether oxygens (including phenoxy) is 1. The number of nitrogens with one attached hydrogen (secondary N) is 1. The van der Waals surface area contributed by atoms with Gasteiger partial charge < -0.3 is 15.8 Å². The molecule has 1 aromatic carbocycles. The van der Waals surface area contributed by atoms with Crippen molar-refractivity contribution in [3.05, 3.63) is 29.3 Å². The molecule has 102 valence electrons. The van der Waals surface area contributed by atoms with Crippen LogP contribution in [0.25, 0.3) is 0 Å². The molecule has 0 fully saturated rings. The van der Waals surface area contributed by atoms with Crippen LogP contribution in [0.3, 0.4) is 0 Å². The van der Waals surface area contributed by atoms with Crippen LogP contribution in [-0.4, -0.2) is 19.1 Å². The highest BCUT2D eigenvalue weighted by atomic mass is 35.5. The molecule has 7 heteroatoms. The topological polar surface area (TPSA) is 64.3 Å². The molecule has 0 radical (unpaired) electrons. The third-order valence-electron chi connectivity index (χ3n) is 2.09. The first kappa shape index (κ1) is 16.6. The molecule has 0 aromatic heterocycles. The summed E-state index contributed by atoms with van der Waals surface area (Å²) in [7, 11) is 0. The van der Waals surface area contributed by atoms with Crippen molar-refractivity contribution in [2.45, 2.75) is 20.1 Å². The van der Waals surface area contributed by atoms with Crippen LogP contribution in [0.5, 0.6) is 5.75 Å². The second kappa shape index (κ2) is 7.84. The maximum Gasteiger partial charge on any atom is 0.387 e. The molecule has 0 spiro atoms. The van der Waals surface area contributed by atoms with Gasteiger partial charge in [-0.25, -0.2) is 0 Å². The fraction of sp³-hybridized carbons (Fsp3) is 0.364. The van der Waals surface area contributed by atoms with Gasteiger partial charge in [-0.3, -0.25) is 4.79 Å². The zero-order valence-corrected chi connectivity index (χ0v) is 10.6. The molecule has 18 heavy (non-hydrogen) atoms. The van der Waals surface area contributed by atoms with E-state index in [1.165, 1.54) is 6.07 Å². The van der Waals surface area contributed by atoms with Crippen LogP contribution >= 0.6 is 12.4 Å². The Morgan fingerprint density at radius 2 is 2.17 bits per heavy atom. The predicted octanol–water partition coefficient (Wildman–Crippen LogP) is 1.59. The molecule has 4 nitrogen and oxygen atoms in total. The number of halogens is 3. The van der Waals surface area contributed by atoms with Crippen molar-refractivity contribution in [3.8, 4) is 5.75 Å². The second-order valence-corrected chi connectivity index (χ2v) is 3.47. The molecule has 1 rings (SSSR count). The Morgan fingerprint density at radius 1 is 1.50 bits per heavy atom. The maximum absolute atomic E-state index is 12.1. The average molecular weight is 281 g/mol. The number of hydrogen-bond acceptors (Lipinski definition) is 3. The minimum absolute atomic E-state index is 0. The van der Waals surface area contributed by atoms with Gasteiger partial charge in [0.15, 0.2) is 0 Å². The largest absolute Gasteiger partial charge is 0.434 e. The normalized spacial score (nSPS) is 9.83. The first-order chi connectivity index (χ1) is 8.02. The SMILES string of the molecule is Cc1ccc(OC(F)F)c(CNC(=O)CN)c1.Cl. The Balaban J connectivity index is 0.00000289. The van der Waals surface area contributed by atoms with Crippen molar-refractivity contribution in [1.29, 1.82) is 0 Å². The summed E-state index contributed by atoms with van der Waals surface area (Å²) in [5.74, 6) is -0.294. The fourth-order valence-corrected chi connectivity index (χ4v) is 1.32. The van der Waals surface area contributed by atoms with E-state index in [9.17, 15) is 13.6 Å². The fourth-order valence-electron chi connectivity index (χ4n) is 1.32. The van der Waals surface area contributed by atoms with Crippen LogP contribution in [0.2, 0.25) is 0 Å². The second-order valence-electron chi connectivity index (χ2n) is 3.47. The van der Waals surface area contributed by atoms with Gasteiger partial charge in [0.2, 0.25) is 5.91 Å². The summed E-state index contributed by atoms with van der Waals surface area (Å²) in [6, 6.07) is 4.78. The van der Waals surface area contributed by atoms with E-state index < -0.39 is 6.61 Å². The monoisotopic (exact) mass is 280 g/mol. The van der Waals surface area contributed by atoms with Gasteiger partial charge in [0.05, 0.1) is 6.54 Å². The zero-order valence-electron chi connectivity index (χ0n) is 9.78. The van der Waals surface area contributed by atoms with Crippen molar-refractivity contribution in [2.24, 2.45) is 5.73 Å². The van der Waals surface area contributed by atoms with E-state index in [1.54, 1.807) is 12.1 Å². The van der Waals surface area contributed by atoms with E-state index >= 15 is 0 Å². The van der Waals surface area contributed by atoms with Crippen molar-refractivity contribution < 1.29 is 18.3 Å². The van der Waals surface area contributed by atoms with Gasteiger partial charge >= 0.3 is 6.61 Å². The molecule has 0 aliphatic carbocycles. The van der Waals surface area contributed by atoms with Gasteiger partial charge in [-0.05, 0) is 13.0 Å². The zero-order chi connectivity index (χ0) is 12.8. The number of benzene rings is 1. The number of rotatable bonds is 5. The number of alkyl halides is 2. The first-order valence-electron chi connectivity index (χ1n) is 5.04. The lowest BCUT2D eigenvalue weighted by Crippen LogP contribution is -2.29. The summed E-state index contributed by atoms with van der Waals surface area (Å²) >= 11 is 0. The van der Waals surface area contributed by atoms with E-state index in [4.69, 9.17) is 5.73 Å². The van der Waals surface area contributed by atoms with Gasteiger partial charge in [-0.2, -0.15) is 8.78 Å². The molecule has 0 aliphatic rings. The van der Waals surface area contributed by atoms with Gasteiger partial charge in [0.25, 0.3) is 0 Å². The predicted molar refractivity (Wildman–Crippen MR) is 66.0 cm³/mol. The lowest BCUT2D eigenvalue weighted by Gasteiger charge is -2.12. The number of nitrogens with two attached hydrogens (primary N) is 1. The average Bonchev–Trinajstić information content (AvgIpc) is 2.28. The van der Waals surface area contributed by atoms with E-state index in [-0.39, 0.29) is 37.2 Å². The molecule has 0 bridgehead atoms. The minimum Gasteiger partial charge on any atom is -0.434 e. The van der Waals surface area contributed by atoms with Gasteiger partial charge in [-0.15, -0.1) is 12.4 Å². The number of carbonyl (C=O) groups is 1. The van der Waals surface area contributed by atoms with E-state index in [2.05, 4.69) is 10.1 Å². The standard InChI is InChI=1S/C11H14F2N2O2.ClH/c1-7-2-3-9(17-11(12)13)8(4-7)6-15-10(16)5-14;/h2-4,11H,5-6,14H2,1H3,(H,15,16);1H. The number of carbonyl (C=O) groups excluding carboxylic acids is 1. The molecule has 1 amide bonds. The highest BCUT2D eigenvalue weighted by Gasteiger charge is 2.10. The lowest BCUT2D eigenvalue weighted by atomic mass is 10.1. The Hall–Kier alpha value is -1.40. The van der Waals surface area contributed by atoms with Crippen LogP contribution in [0.15, 0.2) is 18.2 Å². The summed E-state index contributed by atoms with van der Waals surface area (Å²) in [6.07, 6.45) is 0. The molecule has 1 aromatic rings. The lowest BCUT2D eigenvalue weighted by molar-refractivity contribution is -0.119. The van der Waals surface area contributed by atoms with Crippen molar-refractivity contribution >= 4 is 18.3 Å². The summed E-state index contributed by atoms with van der Waals surface area (Å²) < 4.78 is 28.6. The van der Waals surface area contributed by atoms with E-state index in [0.717, 1.165) is 5.56 Å². The molecular formula is C11H15ClF2N2O2. The number of amides is 1. The highest BCUT2D eigenvalue weighted by Crippen LogP contribution is 2.21. The van der Waals surface area contributed by atoms with Crippen LogP contribution in [-0.2, 0) is 11.3 Å².